The molecule has 0 amide bonds. The SMILES string of the molecule is CC(=O)Oc1ccc(C(=O)OCC2OCOC3C(COC(=O)c4ccc(OC(=O)c5ccc(O)cc5)cc4)OCOC23)cc1. The van der Waals surface area contributed by atoms with E-state index in [2.05, 4.69) is 0 Å². The monoisotopic (exact) mass is 608 g/mol. The number of benzene rings is 3. The fourth-order valence-electron chi connectivity index (χ4n) is 4.44. The molecule has 2 aliphatic heterocycles. The van der Waals surface area contributed by atoms with Crippen LogP contribution in [0.5, 0.6) is 17.2 Å². The van der Waals surface area contributed by atoms with Crippen LogP contribution in [0.1, 0.15) is 38.0 Å². The van der Waals surface area contributed by atoms with Gasteiger partial charge in [-0.25, -0.2) is 14.4 Å². The topological polar surface area (TPSA) is 162 Å². The second kappa shape index (κ2) is 14.1. The number of rotatable bonds is 9. The number of aromatic hydroxyl groups is 1. The Morgan fingerprint density at radius 1 is 0.614 bits per heavy atom. The molecule has 0 radical (unpaired) electrons. The number of hydrogen-bond donors (Lipinski definition) is 1. The summed E-state index contributed by atoms with van der Waals surface area (Å²) in [6.07, 6.45) is -2.68. The average Bonchev–Trinajstić information content (AvgIpc) is 3.03. The highest BCUT2D eigenvalue weighted by Gasteiger charge is 2.45. The minimum absolute atomic E-state index is 0.0256. The van der Waals surface area contributed by atoms with Gasteiger partial charge in [0.2, 0.25) is 0 Å². The second-order valence-corrected chi connectivity index (χ2v) is 9.68. The fourth-order valence-corrected chi connectivity index (χ4v) is 4.44. The number of fused-ring (bicyclic) bond motifs is 1. The quantitative estimate of drug-likeness (QED) is 0.279. The van der Waals surface area contributed by atoms with Gasteiger partial charge in [0, 0.05) is 6.92 Å². The van der Waals surface area contributed by atoms with E-state index in [-0.39, 0.29) is 55.0 Å². The van der Waals surface area contributed by atoms with Crippen LogP contribution in [-0.2, 0) is 33.2 Å². The standard InChI is InChI=1S/C31H28O13/c1-18(32)43-23-10-4-19(5-11-23)29(34)37-14-25-27-28(42-16-39-25)26(40-17-41-27)15-38-30(35)20-6-12-24(13-7-20)44-31(36)21-2-8-22(33)9-3-21/h2-13,25-28,33H,14-17H2,1H3. The molecule has 13 heteroatoms. The lowest BCUT2D eigenvalue weighted by Gasteiger charge is -2.43. The molecule has 2 heterocycles. The number of carbonyl (C=O) groups is 4. The van der Waals surface area contributed by atoms with Crippen molar-refractivity contribution in [2.45, 2.75) is 31.3 Å². The molecule has 2 saturated heterocycles. The van der Waals surface area contributed by atoms with Gasteiger partial charge in [-0.15, -0.1) is 0 Å². The van der Waals surface area contributed by atoms with Crippen molar-refractivity contribution in [1.29, 1.82) is 0 Å². The van der Waals surface area contributed by atoms with E-state index in [1.165, 1.54) is 79.7 Å². The maximum atomic E-state index is 12.7. The first-order chi connectivity index (χ1) is 21.3. The van der Waals surface area contributed by atoms with Gasteiger partial charge in [-0.1, -0.05) is 0 Å². The van der Waals surface area contributed by atoms with Crippen LogP contribution >= 0.6 is 0 Å². The molecule has 13 nitrogen and oxygen atoms in total. The van der Waals surface area contributed by atoms with Gasteiger partial charge in [-0.2, -0.15) is 0 Å². The van der Waals surface area contributed by atoms with Crippen molar-refractivity contribution in [3.63, 3.8) is 0 Å². The molecule has 230 valence electrons. The molecule has 3 aromatic carbocycles. The van der Waals surface area contributed by atoms with E-state index >= 15 is 0 Å². The average molecular weight is 609 g/mol. The fraction of sp³-hybridized carbons (Fsp3) is 0.290. The molecular formula is C31H28O13. The number of phenols is 1. The first kappa shape index (κ1) is 30.6. The Balaban J connectivity index is 1.10. The molecule has 1 N–H and O–H groups in total. The summed E-state index contributed by atoms with van der Waals surface area (Å²) in [5.41, 5.74) is 0.728. The minimum atomic E-state index is -0.681. The second-order valence-electron chi connectivity index (χ2n) is 9.68. The van der Waals surface area contributed by atoms with E-state index in [1.807, 2.05) is 0 Å². The van der Waals surface area contributed by atoms with Crippen molar-refractivity contribution in [2.24, 2.45) is 0 Å². The number of hydrogen-bond acceptors (Lipinski definition) is 13. The highest BCUT2D eigenvalue weighted by atomic mass is 16.8. The number of phenolic OH excluding ortho intramolecular Hbond substituents is 1. The molecule has 0 bridgehead atoms. The maximum absolute atomic E-state index is 12.7. The molecule has 0 aliphatic carbocycles. The zero-order valence-corrected chi connectivity index (χ0v) is 23.4. The van der Waals surface area contributed by atoms with Crippen molar-refractivity contribution < 1.29 is 62.2 Å². The summed E-state index contributed by atoms with van der Waals surface area (Å²) in [5.74, 6) is -1.79. The van der Waals surface area contributed by atoms with E-state index < -0.39 is 48.3 Å². The third-order valence-electron chi connectivity index (χ3n) is 6.65. The number of carbonyl (C=O) groups excluding carboxylic acids is 4. The first-order valence-corrected chi connectivity index (χ1v) is 13.5. The van der Waals surface area contributed by atoms with Gasteiger partial charge in [0.05, 0.1) is 16.7 Å². The summed E-state index contributed by atoms with van der Waals surface area (Å²) in [5, 5.41) is 9.36. The maximum Gasteiger partial charge on any atom is 0.343 e. The van der Waals surface area contributed by atoms with Crippen LogP contribution in [0, 0.1) is 0 Å². The molecule has 0 saturated carbocycles. The van der Waals surface area contributed by atoms with Gasteiger partial charge in [-0.05, 0) is 72.8 Å². The largest absolute Gasteiger partial charge is 0.508 e. The first-order valence-electron chi connectivity index (χ1n) is 13.5. The molecule has 2 fully saturated rings. The zero-order valence-electron chi connectivity index (χ0n) is 23.4. The summed E-state index contributed by atoms with van der Waals surface area (Å²) in [4.78, 5) is 48.6. The summed E-state index contributed by atoms with van der Waals surface area (Å²) >= 11 is 0. The van der Waals surface area contributed by atoms with Gasteiger partial charge in [0.15, 0.2) is 0 Å². The van der Waals surface area contributed by atoms with Gasteiger partial charge in [0.25, 0.3) is 0 Å². The van der Waals surface area contributed by atoms with Gasteiger partial charge < -0.3 is 43.0 Å². The van der Waals surface area contributed by atoms with Gasteiger partial charge >= 0.3 is 23.9 Å². The highest BCUT2D eigenvalue weighted by molar-refractivity contribution is 5.92. The Kier molecular flexibility index (Phi) is 9.82. The zero-order chi connectivity index (χ0) is 31.1. The van der Waals surface area contributed by atoms with Crippen LogP contribution in [0.15, 0.2) is 72.8 Å². The number of esters is 4. The third kappa shape index (κ3) is 7.76. The van der Waals surface area contributed by atoms with Crippen LogP contribution in [0.4, 0.5) is 0 Å². The van der Waals surface area contributed by atoms with Crippen LogP contribution < -0.4 is 9.47 Å². The van der Waals surface area contributed by atoms with E-state index in [0.717, 1.165) is 0 Å². The molecule has 0 aromatic heterocycles. The predicted molar refractivity (Wildman–Crippen MR) is 147 cm³/mol. The van der Waals surface area contributed by atoms with Crippen LogP contribution in [0.3, 0.4) is 0 Å². The molecule has 0 spiro atoms. The highest BCUT2D eigenvalue weighted by Crippen LogP contribution is 2.27. The minimum Gasteiger partial charge on any atom is -0.508 e. The van der Waals surface area contributed by atoms with Crippen molar-refractivity contribution in [3.05, 3.63) is 89.5 Å². The third-order valence-corrected chi connectivity index (χ3v) is 6.65. The molecule has 3 aromatic rings. The molecule has 4 unspecified atom stereocenters. The Morgan fingerprint density at radius 2 is 1.02 bits per heavy atom. The van der Waals surface area contributed by atoms with Crippen LogP contribution in [0.2, 0.25) is 0 Å². The van der Waals surface area contributed by atoms with E-state index in [0.29, 0.717) is 5.75 Å². The molecule has 44 heavy (non-hydrogen) atoms. The Labute approximate surface area is 251 Å². The van der Waals surface area contributed by atoms with Crippen molar-refractivity contribution >= 4 is 23.9 Å². The summed E-state index contributed by atoms with van der Waals surface area (Å²) < 4.78 is 43.7. The lowest BCUT2D eigenvalue weighted by molar-refractivity contribution is -0.328. The summed E-state index contributed by atoms with van der Waals surface area (Å²) in [6, 6.07) is 17.3. The smallest absolute Gasteiger partial charge is 0.343 e. The summed E-state index contributed by atoms with van der Waals surface area (Å²) in [7, 11) is 0. The van der Waals surface area contributed by atoms with Crippen LogP contribution in [0.25, 0.3) is 0 Å². The normalized spacial score (nSPS) is 20.9. The van der Waals surface area contributed by atoms with Crippen molar-refractivity contribution in [3.8, 4) is 17.2 Å². The Bertz CT molecular complexity index is 1470. The Morgan fingerprint density at radius 3 is 1.48 bits per heavy atom. The van der Waals surface area contributed by atoms with E-state index in [9.17, 15) is 24.3 Å². The van der Waals surface area contributed by atoms with Gasteiger partial charge in [-0.3, -0.25) is 4.79 Å². The van der Waals surface area contributed by atoms with Gasteiger partial charge in [0.1, 0.15) is 68.5 Å². The lowest BCUT2D eigenvalue weighted by atomic mass is 10.0. The summed E-state index contributed by atoms with van der Waals surface area (Å²) in [6.45, 7) is 0.744. The molecule has 5 rings (SSSR count). The molecular weight excluding hydrogens is 580 g/mol. The Hall–Kier alpha value is -4.82. The number of ether oxygens (including phenoxy) is 8. The predicted octanol–water partition coefficient (Wildman–Crippen LogP) is 3.03. The van der Waals surface area contributed by atoms with Crippen molar-refractivity contribution in [2.75, 3.05) is 26.8 Å². The van der Waals surface area contributed by atoms with Crippen molar-refractivity contribution in [1.82, 2.24) is 0 Å². The lowest BCUT2D eigenvalue weighted by Crippen LogP contribution is -2.59. The molecule has 2 aliphatic rings. The van der Waals surface area contributed by atoms with E-state index in [1.54, 1.807) is 0 Å². The molecule has 4 atom stereocenters. The van der Waals surface area contributed by atoms with Crippen LogP contribution in [-0.4, -0.2) is 80.2 Å². The van der Waals surface area contributed by atoms with E-state index in [4.69, 9.17) is 37.9 Å².